The quantitative estimate of drug-likeness (QED) is 0.253. The molecule has 1 aliphatic rings. The number of nitrogens with zero attached hydrogens (tertiary/aromatic N) is 2. The van der Waals surface area contributed by atoms with Gasteiger partial charge < -0.3 is 19.7 Å². The van der Waals surface area contributed by atoms with Crippen molar-refractivity contribution in [2.45, 2.75) is 62.6 Å². The van der Waals surface area contributed by atoms with Crippen LogP contribution < -0.4 is 19.1 Å². The smallest absolute Gasteiger partial charge is 0.264 e. The van der Waals surface area contributed by atoms with Gasteiger partial charge in [0.1, 0.15) is 12.6 Å². The molecule has 1 saturated carbocycles. The second-order valence-electron chi connectivity index (χ2n) is 10.6. The molecule has 0 spiro atoms. The van der Waals surface area contributed by atoms with Crippen molar-refractivity contribution >= 4 is 50.7 Å². The summed E-state index contributed by atoms with van der Waals surface area (Å²) in [5.41, 5.74) is 0.744. The van der Waals surface area contributed by atoms with E-state index in [1.54, 1.807) is 49.4 Å². The molecule has 4 rings (SSSR count). The third-order valence-electron chi connectivity index (χ3n) is 7.74. The first-order valence-electron chi connectivity index (χ1n) is 14.4. The number of halogens is 2. The van der Waals surface area contributed by atoms with E-state index in [2.05, 4.69) is 5.32 Å². The number of carbonyl (C=O) groups is 2. The van der Waals surface area contributed by atoms with E-state index in [0.717, 1.165) is 36.4 Å². The van der Waals surface area contributed by atoms with Gasteiger partial charge in [-0.2, -0.15) is 0 Å². The number of hydrogen-bond acceptors (Lipinski definition) is 6. The van der Waals surface area contributed by atoms with E-state index in [1.165, 1.54) is 43.4 Å². The van der Waals surface area contributed by atoms with Gasteiger partial charge in [0.15, 0.2) is 11.5 Å². The Labute approximate surface area is 269 Å². The summed E-state index contributed by atoms with van der Waals surface area (Å²) in [5, 5.41) is 3.83. The molecule has 0 radical (unpaired) electrons. The predicted molar refractivity (Wildman–Crippen MR) is 172 cm³/mol. The summed E-state index contributed by atoms with van der Waals surface area (Å²) in [5.74, 6) is -0.238. The molecular formula is C32H37Cl2N3O6S. The van der Waals surface area contributed by atoms with Crippen LogP contribution in [-0.4, -0.2) is 58.0 Å². The molecule has 12 heteroatoms. The number of ether oxygens (including phenoxy) is 2. The average molecular weight is 663 g/mol. The molecule has 0 saturated heterocycles. The van der Waals surface area contributed by atoms with E-state index in [4.69, 9.17) is 32.7 Å². The molecule has 0 heterocycles. The maximum Gasteiger partial charge on any atom is 0.264 e. The van der Waals surface area contributed by atoms with Gasteiger partial charge in [-0.1, -0.05) is 66.7 Å². The van der Waals surface area contributed by atoms with Gasteiger partial charge in [0, 0.05) is 28.7 Å². The molecule has 1 aliphatic carbocycles. The van der Waals surface area contributed by atoms with Crippen LogP contribution in [0.4, 0.5) is 5.69 Å². The Hall–Kier alpha value is -3.47. The molecule has 0 aromatic heterocycles. The number of rotatable bonds is 12. The predicted octanol–water partition coefficient (Wildman–Crippen LogP) is 6.07. The molecule has 3 aromatic rings. The molecule has 1 atom stereocenters. The van der Waals surface area contributed by atoms with Crippen LogP contribution in [0.25, 0.3) is 0 Å². The first-order valence-corrected chi connectivity index (χ1v) is 16.6. The number of sulfonamides is 1. The van der Waals surface area contributed by atoms with Crippen molar-refractivity contribution in [3.8, 4) is 11.5 Å². The maximum atomic E-state index is 14.2. The van der Waals surface area contributed by atoms with Crippen molar-refractivity contribution in [3.05, 3.63) is 82.3 Å². The molecule has 1 unspecified atom stereocenters. The first kappa shape index (κ1) is 33.4. The summed E-state index contributed by atoms with van der Waals surface area (Å²) >= 11 is 12.6. The number of hydrogen-bond donors (Lipinski definition) is 1. The highest BCUT2D eigenvalue weighted by atomic mass is 35.5. The van der Waals surface area contributed by atoms with Crippen molar-refractivity contribution in [2.75, 3.05) is 25.1 Å². The van der Waals surface area contributed by atoms with Crippen LogP contribution >= 0.6 is 23.2 Å². The Morgan fingerprint density at radius 2 is 1.61 bits per heavy atom. The van der Waals surface area contributed by atoms with Gasteiger partial charge in [-0.05, 0) is 61.7 Å². The SMILES string of the molecule is COc1ccc(N(CC(=O)N(Cc2ccc(Cl)cc2Cl)C(C)C(=O)NC2CCCCC2)S(=O)(=O)c2ccccc2)cc1OC. The Bertz CT molecular complexity index is 1570. The third kappa shape index (κ3) is 7.97. The monoisotopic (exact) mass is 661 g/mol. The highest BCUT2D eigenvalue weighted by Crippen LogP contribution is 2.34. The molecule has 236 valence electrons. The average Bonchev–Trinajstić information content (AvgIpc) is 3.03. The summed E-state index contributed by atoms with van der Waals surface area (Å²) in [6, 6.07) is 16.4. The van der Waals surface area contributed by atoms with Gasteiger partial charge in [0.2, 0.25) is 11.8 Å². The third-order valence-corrected chi connectivity index (χ3v) is 10.1. The minimum absolute atomic E-state index is 0.00188. The lowest BCUT2D eigenvalue weighted by atomic mass is 9.95. The lowest BCUT2D eigenvalue weighted by molar-refractivity contribution is -0.139. The van der Waals surface area contributed by atoms with Crippen LogP contribution in [0, 0.1) is 0 Å². The summed E-state index contributed by atoms with van der Waals surface area (Å²) in [4.78, 5) is 29.1. The van der Waals surface area contributed by atoms with Crippen LogP contribution in [0.2, 0.25) is 10.0 Å². The van der Waals surface area contributed by atoms with Crippen molar-refractivity contribution in [1.29, 1.82) is 0 Å². The van der Waals surface area contributed by atoms with E-state index in [-0.39, 0.29) is 34.8 Å². The van der Waals surface area contributed by atoms with Crippen molar-refractivity contribution in [2.24, 2.45) is 0 Å². The molecule has 1 fully saturated rings. The fourth-order valence-electron chi connectivity index (χ4n) is 5.21. The summed E-state index contributed by atoms with van der Waals surface area (Å²) in [6.07, 6.45) is 4.93. The molecule has 0 aliphatic heterocycles. The topological polar surface area (TPSA) is 105 Å². The minimum Gasteiger partial charge on any atom is -0.493 e. The summed E-state index contributed by atoms with van der Waals surface area (Å²) < 4.78 is 39.8. The lowest BCUT2D eigenvalue weighted by Gasteiger charge is -2.33. The number of benzene rings is 3. The molecular weight excluding hydrogens is 625 g/mol. The molecule has 3 aromatic carbocycles. The van der Waals surface area contributed by atoms with E-state index in [1.807, 2.05) is 0 Å². The zero-order valence-electron chi connectivity index (χ0n) is 25.0. The normalized spacial score (nSPS) is 14.4. The molecule has 44 heavy (non-hydrogen) atoms. The van der Waals surface area contributed by atoms with Crippen LogP contribution in [0.3, 0.4) is 0 Å². The Balaban J connectivity index is 1.73. The zero-order chi connectivity index (χ0) is 31.9. The highest BCUT2D eigenvalue weighted by Gasteiger charge is 2.34. The van der Waals surface area contributed by atoms with Crippen LogP contribution in [0.15, 0.2) is 71.6 Å². The van der Waals surface area contributed by atoms with Gasteiger partial charge in [0.05, 0.1) is 24.8 Å². The summed E-state index contributed by atoms with van der Waals surface area (Å²) in [6.45, 7) is 0.991. The number of anilines is 1. The van der Waals surface area contributed by atoms with E-state index in [0.29, 0.717) is 21.4 Å². The molecule has 2 amide bonds. The largest absolute Gasteiger partial charge is 0.493 e. The second-order valence-corrected chi connectivity index (χ2v) is 13.3. The van der Waals surface area contributed by atoms with E-state index in [9.17, 15) is 18.0 Å². The molecule has 9 nitrogen and oxygen atoms in total. The van der Waals surface area contributed by atoms with E-state index >= 15 is 0 Å². The maximum absolute atomic E-state index is 14.2. The van der Waals surface area contributed by atoms with Gasteiger partial charge in [-0.25, -0.2) is 8.42 Å². The highest BCUT2D eigenvalue weighted by molar-refractivity contribution is 7.92. The van der Waals surface area contributed by atoms with Crippen molar-refractivity contribution in [3.63, 3.8) is 0 Å². The van der Waals surface area contributed by atoms with E-state index < -0.39 is 28.5 Å². The molecule has 0 bridgehead atoms. The van der Waals surface area contributed by atoms with Crippen LogP contribution in [0.5, 0.6) is 11.5 Å². The fourth-order valence-corrected chi connectivity index (χ4v) is 7.11. The van der Waals surface area contributed by atoms with Gasteiger partial charge in [-0.15, -0.1) is 0 Å². The Morgan fingerprint density at radius 3 is 2.25 bits per heavy atom. The van der Waals surface area contributed by atoms with Gasteiger partial charge in [-0.3, -0.25) is 13.9 Å². The van der Waals surface area contributed by atoms with Crippen molar-refractivity contribution in [1.82, 2.24) is 10.2 Å². The molecule has 1 N–H and O–H groups in total. The Morgan fingerprint density at radius 1 is 0.932 bits per heavy atom. The standard InChI is InChI=1S/C32H37Cl2N3O6S/c1-22(32(39)35-25-10-6-4-7-11-25)36(20-23-14-15-24(33)18-28(23)34)31(38)21-37(44(40,41)27-12-8-5-9-13-27)26-16-17-29(42-2)30(19-26)43-3/h5,8-9,12-19,22,25H,4,6-7,10-11,20-21H2,1-3H3,(H,35,39). The van der Waals surface area contributed by atoms with Gasteiger partial charge >= 0.3 is 0 Å². The van der Waals surface area contributed by atoms with Crippen LogP contribution in [0.1, 0.15) is 44.6 Å². The van der Waals surface area contributed by atoms with Crippen LogP contribution in [-0.2, 0) is 26.2 Å². The second kappa shape index (κ2) is 15.0. The number of methoxy groups -OCH3 is 2. The first-order chi connectivity index (χ1) is 21.0. The number of carbonyl (C=O) groups excluding carboxylic acids is 2. The number of amides is 2. The van der Waals surface area contributed by atoms with Gasteiger partial charge in [0.25, 0.3) is 10.0 Å². The Kier molecular flexibility index (Phi) is 11.4. The summed E-state index contributed by atoms with van der Waals surface area (Å²) in [7, 11) is -1.33. The number of nitrogens with one attached hydrogen (secondary N) is 1. The fraction of sp³-hybridized carbons (Fsp3) is 0.375. The zero-order valence-corrected chi connectivity index (χ0v) is 27.3. The van der Waals surface area contributed by atoms with Crippen molar-refractivity contribution < 1.29 is 27.5 Å². The lowest BCUT2D eigenvalue weighted by Crippen LogP contribution is -2.53. The minimum atomic E-state index is -4.24.